The van der Waals surface area contributed by atoms with Crippen LogP contribution < -0.4 is 0 Å². The van der Waals surface area contributed by atoms with Crippen molar-refractivity contribution < 1.29 is 28.5 Å². The van der Waals surface area contributed by atoms with Crippen LogP contribution in [0.2, 0.25) is 0 Å². The lowest BCUT2D eigenvalue weighted by molar-refractivity contribution is -0.483. The van der Waals surface area contributed by atoms with Gasteiger partial charge in [-0.15, -0.1) is 0 Å². The highest BCUT2D eigenvalue weighted by molar-refractivity contribution is 5.86. The number of carbonyl (C=O) groups is 1. The third kappa shape index (κ3) is 2.15. The molecule has 1 saturated carbocycles. The molecule has 0 heterocycles. The highest BCUT2D eigenvalue weighted by atomic mass is 16.8. The van der Waals surface area contributed by atoms with Crippen molar-refractivity contribution in [2.75, 3.05) is 35.0 Å². The van der Waals surface area contributed by atoms with E-state index in [1.54, 1.807) is 31.2 Å². The van der Waals surface area contributed by atoms with Gasteiger partial charge >= 0.3 is 5.97 Å². The van der Waals surface area contributed by atoms with Gasteiger partial charge in [-0.05, 0) is 12.5 Å². The van der Waals surface area contributed by atoms with Gasteiger partial charge in [0, 0.05) is 28.4 Å². The number of hydrogen-bond acceptors (Lipinski definition) is 7. The van der Waals surface area contributed by atoms with Crippen LogP contribution in [0.3, 0.4) is 0 Å². The molecular weight excluding hydrogens is 326 g/mol. The van der Waals surface area contributed by atoms with Gasteiger partial charge in [-0.25, -0.2) is 0 Å². The number of carbonyl (C=O) groups excluding carboxylic acids is 1. The lowest BCUT2D eigenvalue weighted by Crippen LogP contribution is -2.84. The maximum absolute atomic E-state index is 12.9. The molecule has 2 unspecified atom stereocenters. The summed E-state index contributed by atoms with van der Waals surface area (Å²) in [6.07, 6.45) is 0. The second-order valence-corrected chi connectivity index (χ2v) is 5.58. The summed E-state index contributed by atoms with van der Waals surface area (Å²) in [5, 5.41) is 10.1. The number of hydrogen-bond donors (Lipinski definition) is 0. The number of rotatable bonds is 7. The van der Waals surface area contributed by atoms with Gasteiger partial charge in [-0.1, -0.05) is 30.3 Å². The van der Waals surface area contributed by atoms with Gasteiger partial charge in [0.1, 0.15) is 0 Å². The minimum Gasteiger partial charge on any atom is -0.465 e. The van der Waals surface area contributed by atoms with Gasteiger partial charge < -0.3 is 23.7 Å². The van der Waals surface area contributed by atoms with Crippen molar-refractivity contribution in [2.45, 2.75) is 24.4 Å². The summed E-state index contributed by atoms with van der Waals surface area (Å²) < 4.78 is 27.6. The van der Waals surface area contributed by atoms with Crippen molar-refractivity contribution in [3.8, 4) is 6.07 Å². The molecule has 1 aromatic rings. The maximum Gasteiger partial charge on any atom is 0.333 e. The van der Waals surface area contributed by atoms with Crippen LogP contribution >= 0.6 is 0 Å². The molecule has 7 nitrogen and oxygen atoms in total. The van der Waals surface area contributed by atoms with Gasteiger partial charge in [-0.2, -0.15) is 5.26 Å². The summed E-state index contributed by atoms with van der Waals surface area (Å²) in [6.45, 7) is 1.78. The minimum absolute atomic E-state index is 0.111. The average molecular weight is 349 g/mol. The summed E-state index contributed by atoms with van der Waals surface area (Å²) >= 11 is 0. The first-order valence-corrected chi connectivity index (χ1v) is 7.85. The molecule has 7 heteroatoms. The predicted molar refractivity (Wildman–Crippen MR) is 87.4 cm³/mol. The Kier molecular flexibility index (Phi) is 5.49. The third-order valence-electron chi connectivity index (χ3n) is 4.88. The molecule has 0 bridgehead atoms. The van der Waals surface area contributed by atoms with Crippen LogP contribution in [0.25, 0.3) is 0 Å². The number of methoxy groups -OCH3 is 4. The monoisotopic (exact) mass is 349 g/mol. The Hall–Kier alpha value is -1.98. The minimum atomic E-state index is -1.81. The standard InChI is InChI=1S/C18H23NO6/c1-6-25-15(20)16(12-19)14(13-10-8-7-9-11-13)17(21-2,22-3)18(16,23-4)24-5/h7-11,14H,6H2,1-5H3. The fourth-order valence-corrected chi connectivity index (χ4v) is 3.94. The summed E-state index contributed by atoms with van der Waals surface area (Å²) in [7, 11) is 5.50. The van der Waals surface area contributed by atoms with E-state index in [9.17, 15) is 10.1 Å². The summed E-state index contributed by atoms with van der Waals surface area (Å²) in [6, 6.07) is 11.1. The normalized spacial score (nSPS) is 26.3. The van der Waals surface area contributed by atoms with Crippen molar-refractivity contribution >= 4 is 5.97 Å². The zero-order chi connectivity index (χ0) is 18.7. The van der Waals surface area contributed by atoms with Crippen molar-refractivity contribution in [3.05, 3.63) is 35.9 Å². The average Bonchev–Trinajstić information content (AvgIpc) is 2.64. The van der Waals surface area contributed by atoms with Crippen molar-refractivity contribution in [1.29, 1.82) is 5.26 Å². The molecule has 0 radical (unpaired) electrons. The Balaban J connectivity index is 2.79. The van der Waals surface area contributed by atoms with Crippen LogP contribution in [0.4, 0.5) is 0 Å². The predicted octanol–water partition coefficient (Wildman–Crippen LogP) is 1.84. The van der Waals surface area contributed by atoms with E-state index in [0.717, 1.165) is 0 Å². The molecule has 0 aliphatic heterocycles. The van der Waals surface area contributed by atoms with Crippen LogP contribution in [-0.2, 0) is 28.5 Å². The van der Waals surface area contributed by atoms with E-state index in [1.165, 1.54) is 28.4 Å². The molecule has 2 atom stereocenters. The number of esters is 1. The summed E-state index contributed by atoms with van der Waals surface area (Å²) in [5.74, 6) is -4.88. The molecule has 1 fully saturated rings. The van der Waals surface area contributed by atoms with E-state index in [4.69, 9.17) is 23.7 Å². The van der Waals surface area contributed by atoms with E-state index < -0.39 is 28.9 Å². The van der Waals surface area contributed by atoms with Gasteiger partial charge in [0.25, 0.3) is 5.79 Å². The van der Waals surface area contributed by atoms with Gasteiger partial charge in [-0.3, -0.25) is 4.79 Å². The smallest absolute Gasteiger partial charge is 0.333 e. The quantitative estimate of drug-likeness (QED) is 0.548. The van der Waals surface area contributed by atoms with E-state index in [1.807, 2.05) is 6.07 Å². The first kappa shape index (κ1) is 19.3. The van der Waals surface area contributed by atoms with E-state index >= 15 is 0 Å². The van der Waals surface area contributed by atoms with Crippen LogP contribution in [0.5, 0.6) is 0 Å². The Morgan fingerprint density at radius 2 is 1.64 bits per heavy atom. The fraction of sp³-hybridized carbons (Fsp3) is 0.556. The van der Waals surface area contributed by atoms with Crippen molar-refractivity contribution in [3.63, 3.8) is 0 Å². The summed E-state index contributed by atoms with van der Waals surface area (Å²) in [5.41, 5.74) is -1.13. The molecule has 25 heavy (non-hydrogen) atoms. The first-order valence-electron chi connectivity index (χ1n) is 7.85. The van der Waals surface area contributed by atoms with E-state index in [2.05, 4.69) is 6.07 Å². The highest BCUT2D eigenvalue weighted by Gasteiger charge is 2.89. The fourth-order valence-electron chi connectivity index (χ4n) is 3.94. The van der Waals surface area contributed by atoms with Crippen molar-refractivity contribution in [1.82, 2.24) is 0 Å². The van der Waals surface area contributed by atoms with Gasteiger partial charge in [0.15, 0.2) is 0 Å². The van der Waals surface area contributed by atoms with Crippen LogP contribution in [0, 0.1) is 16.7 Å². The van der Waals surface area contributed by atoms with Crippen LogP contribution in [-0.4, -0.2) is 52.6 Å². The zero-order valence-electron chi connectivity index (χ0n) is 15.1. The van der Waals surface area contributed by atoms with Crippen molar-refractivity contribution in [2.24, 2.45) is 5.41 Å². The molecule has 1 aromatic carbocycles. The molecule has 1 aliphatic rings. The second kappa shape index (κ2) is 7.10. The Bertz CT molecular complexity index is 647. The molecule has 136 valence electrons. The molecule has 0 saturated heterocycles. The third-order valence-corrected chi connectivity index (χ3v) is 4.88. The van der Waals surface area contributed by atoms with Crippen LogP contribution in [0.15, 0.2) is 30.3 Å². The molecule has 1 aliphatic carbocycles. The zero-order valence-corrected chi connectivity index (χ0v) is 15.1. The highest BCUT2D eigenvalue weighted by Crippen LogP contribution is 2.69. The number of nitriles is 1. The molecule has 0 aromatic heterocycles. The Labute approximate surface area is 147 Å². The lowest BCUT2D eigenvalue weighted by Gasteiger charge is -2.66. The van der Waals surface area contributed by atoms with E-state index in [-0.39, 0.29) is 6.61 Å². The second-order valence-electron chi connectivity index (χ2n) is 5.58. The Morgan fingerprint density at radius 1 is 1.08 bits per heavy atom. The van der Waals surface area contributed by atoms with Crippen LogP contribution in [0.1, 0.15) is 18.4 Å². The molecule has 0 N–H and O–H groups in total. The molecule has 2 rings (SSSR count). The number of nitrogens with zero attached hydrogens (tertiary/aromatic N) is 1. The lowest BCUT2D eigenvalue weighted by atomic mass is 9.49. The number of benzene rings is 1. The number of ether oxygens (including phenoxy) is 5. The molecule has 0 amide bonds. The SMILES string of the molecule is CCOC(=O)C1(C#N)C(c2ccccc2)C(OC)(OC)C1(OC)OC. The Morgan fingerprint density at radius 3 is 2.04 bits per heavy atom. The summed E-state index contributed by atoms with van der Waals surface area (Å²) in [4.78, 5) is 12.9. The van der Waals surface area contributed by atoms with Gasteiger partial charge in [0.05, 0.1) is 18.6 Å². The largest absolute Gasteiger partial charge is 0.465 e. The van der Waals surface area contributed by atoms with Gasteiger partial charge in [0.2, 0.25) is 11.2 Å². The maximum atomic E-state index is 12.9. The van der Waals surface area contributed by atoms with E-state index in [0.29, 0.717) is 5.56 Å². The molecular formula is C18H23NO6. The first-order chi connectivity index (χ1) is 12.0. The molecule has 0 spiro atoms. The topological polar surface area (TPSA) is 87.0 Å².